The second-order valence-electron chi connectivity index (χ2n) is 6.95. The van der Waals surface area contributed by atoms with Crippen LogP contribution in [0.3, 0.4) is 0 Å². The van der Waals surface area contributed by atoms with Crippen LogP contribution in [-0.4, -0.2) is 60.4 Å². The third-order valence-electron chi connectivity index (χ3n) is 4.98. The number of anilines is 1. The lowest BCUT2D eigenvalue weighted by atomic mass is 10.1. The molecule has 1 fully saturated rings. The second-order valence-corrected chi connectivity index (χ2v) is 6.95. The summed E-state index contributed by atoms with van der Waals surface area (Å²) in [5.41, 5.74) is 0. The van der Waals surface area contributed by atoms with Crippen molar-refractivity contribution < 1.29 is 9.84 Å². The normalized spacial score (nSPS) is 16.4. The Balaban J connectivity index is 1.24. The van der Waals surface area contributed by atoms with Gasteiger partial charge in [-0.25, -0.2) is 4.98 Å². The first-order valence-corrected chi connectivity index (χ1v) is 9.46. The molecule has 1 N–H and O–H groups in total. The predicted molar refractivity (Wildman–Crippen MR) is 108 cm³/mol. The molecule has 140 valence electrons. The number of pyridine rings is 1. The zero-order valence-electron chi connectivity index (χ0n) is 15.4. The van der Waals surface area contributed by atoms with Crippen molar-refractivity contribution in [1.82, 2.24) is 9.88 Å². The average Bonchev–Trinajstić information content (AvgIpc) is 2.73. The Bertz CT molecular complexity index is 864. The zero-order valence-corrected chi connectivity index (χ0v) is 15.4. The molecule has 4 rings (SSSR count). The van der Waals surface area contributed by atoms with Gasteiger partial charge in [0, 0.05) is 38.9 Å². The molecule has 3 aromatic rings. The number of ether oxygens (including phenoxy) is 1. The van der Waals surface area contributed by atoms with Gasteiger partial charge in [-0.3, -0.25) is 4.90 Å². The van der Waals surface area contributed by atoms with E-state index in [9.17, 15) is 5.11 Å². The molecule has 5 heteroatoms. The molecular weight excluding hydrogens is 338 g/mol. The number of fused-ring (bicyclic) bond motifs is 1. The molecule has 0 radical (unpaired) electrons. The van der Waals surface area contributed by atoms with Crippen LogP contribution in [0.4, 0.5) is 5.82 Å². The monoisotopic (exact) mass is 363 g/mol. The number of benzene rings is 2. The number of hydrogen-bond acceptors (Lipinski definition) is 5. The Morgan fingerprint density at radius 3 is 2.48 bits per heavy atom. The molecule has 27 heavy (non-hydrogen) atoms. The Hall–Kier alpha value is -2.63. The van der Waals surface area contributed by atoms with E-state index < -0.39 is 6.10 Å². The number of aromatic nitrogens is 1. The van der Waals surface area contributed by atoms with Gasteiger partial charge in [-0.1, -0.05) is 36.4 Å². The van der Waals surface area contributed by atoms with Gasteiger partial charge in [0.2, 0.25) is 0 Å². The first-order chi connectivity index (χ1) is 13.3. The van der Waals surface area contributed by atoms with Crippen molar-refractivity contribution in [3.05, 3.63) is 66.9 Å². The number of nitrogens with zero attached hydrogens (tertiary/aromatic N) is 3. The fourth-order valence-electron chi connectivity index (χ4n) is 3.50. The highest BCUT2D eigenvalue weighted by Gasteiger charge is 2.20. The maximum atomic E-state index is 10.4. The molecule has 0 aliphatic carbocycles. The Morgan fingerprint density at radius 1 is 0.926 bits per heavy atom. The van der Waals surface area contributed by atoms with Gasteiger partial charge in [0.25, 0.3) is 0 Å². The first-order valence-electron chi connectivity index (χ1n) is 9.46. The summed E-state index contributed by atoms with van der Waals surface area (Å²) in [6.45, 7) is 4.63. The topological polar surface area (TPSA) is 48.8 Å². The highest BCUT2D eigenvalue weighted by atomic mass is 16.5. The van der Waals surface area contributed by atoms with E-state index in [2.05, 4.69) is 26.9 Å². The van der Waals surface area contributed by atoms with Crippen molar-refractivity contribution in [2.45, 2.75) is 6.10 Å². The molecule has 0 bridgehead atoms. The minimum Gasteiger partial charge on any atom is -0.491 e. The minimum atomic E-state index is -0.502. The Kier molecular flexibility index (Phi) is 5.51. The average molecular weight is 363 g/mol. The number of aliphatic hydroxyl groups is 1. The molecule has 1 aliphatic heterocycles. The lowest BCUT2D eigenvalue weighted by Gasteiger charge is -2.36. The highest BCUT2D eigenvalue weighted by Crippen LogP contribution is 2.20. The van der Waals surface area contributed by atoms with Gasteiger partial charge in [-0.15, -0.1) is 0 Å². The largest absolute Gasteiger partial charge is 0.491 e. The standard InChI is InChI=1S/C22H25N3O2/c26-20(17-27-21-9-8-18-5-1-2-6-19(18)15-21)16-24-11-13-25(14-12-24)22-7-3-4-10-23-22/h1-10,15,20,26H,11-14,16-17H2. The van der Waals surface area contributed by atoms with Gasteiger partial charge >= 0.3 is 0 Å². The number of rotatable bonds is 6. The third-order valence-corrected chi connectivity index (χ3v) is 4.98. The lowest BCUT2D eigenvalue weighted by Crippen LogP contribution is -2.49. The fraction of sp³-hybridized carbons (Fsp3) is 0.318. The van der Waals surface area contributed by atoms with Crippen molar-refractivity contribution in [2.75, 3.05) is 44.2 Å². The van der Waals surface area contributed by atoms with Crippen LogP contribution >= 0.6 is 0 Å². The first kappa shape index (κ1) is 17.8. The molecule has 0 spiro atoms. The summed E-state index contributed by atoms with van der Waals surface area (Å²) in [5, 5.41) is 12.7. The van der Waals surface area contributed by atoms with Crippen molar-refractivity contribution in [1.29, 1.82) is 0 Å². The van der Waals surface area contributed by atoms with Crippen LogP contribution in [0.1, 0.15) is 0 Å². The summed E-state index contributed by atoms with van der Waals surface area (Å²) in [5.74, 6) is 1.82. The van der Waals surface area contributed by atoms with Crippen molar-refractivity contribution in [3.63, 3.8) is 0 Å². The van der Waals surface area contributed by atoms with Crippen LogP contribution in [0.25, 0.3) is 10.8 Å². The summed E-state index contributed by atoms with van der Waals surface area (Å²) in [6, 6.07) is 20.2. The van der Waals surface area contributed by atoms with Crippen LogP contribution < -0.4 is 9.64 Å². The van der Waals surface area contributed by atoms with Gasteiger partial charge in [0.15, 0.2) is 0 Å². The van der Waals surface area contributed by atoms with E-state index in [1.54, 1.807) is 0 Å². The molecule has 1 saturated heterocycles. The minimum absolute atomic E-state index is 0.304. The molecular formula is C22H25N3O2. The number of piperazine rings is 1. The molecule has 1 atom stereocenters. The third kappa shape index (κ3) is 4.56. The summed E-state index contributed by atoms with van der Waals surface area (Å²) >= 11 is 0. The van der Waals surface area contributed by atoms with Gasteiger partial charge < -0.3 is 14.7 Å². The van der Waals surface area contributed by atoms with Crippen LogP contribution in [-0.2, 0) is 0 Å². The van der Waals surface area contributed by atoms with Gasteiger partial charge in [-0.05, 0) is 35.0 Å². The number of hydrogen-bond donors (Lipinski definition) is 1. The maximum Gasteiger partial charge on any atom is 0.128 e. The van der Waals surface area contributed by atoms with Gasteiger partial charge in [0.05, 0.1) is 0 Å². The van der Waals surface area contributed by atoms with E-state index in [1.165, 1.54) is 5.39 Å². The highest BCUT2D eigenvalue weighted by molar-refractivity contribution is 5.83. The number of aliphatic hydroxyl groups excluding tert-OH is 1. The molecule has 1 unspecified atom stereocenters. The fourth-order valence-corrected chi connectivity index (χ4v) is 3.50. The van der Waals surface area contributed by atoms with E-state index in [0.717, 1.165) is 43.1 Å². The SMILES string of the molecule is OC(COc1ccc2ccccc2c1)CN1CCN(c2ccccn2)CC1. The van der Waals surface area contributed by atoms with E-state index in [1.807, 2.05) is 54.7 Å². The van der Waals surface area contributed by atoms with E-state index >= 15 is 0 Å². The molecule has 5 nitrogen and oxygen atoms in total. The molecule has 1 aliphatic rings. The zero-order chi connectivity index (χ0) is 18.5. The van der Waals surface area contributed by atoms with E-state index in [0.29, 0.717) is 13.2 Å². The van der Waals surface area contributed by atoms with Crippen LogP contribution in [0, 0.1) is 0 Å². The number of β-amino-alcohol motifs (C(OH)–C–C–N with tert-alkyl or cyclic N) is 1. The summed E-state index contributed by atoms with van der Waals surface area (Å²) in [7, 11) is 0. The Labute approximate surface area is 159 Å². The van der Waals surface area contributed by atoms with E-state index in [4.69, 9.17) is 4.74 Å². The molecule has 0 saturated carbocycles. The van der Waals surface area contributed by atoms with Crippen LogP contribution in [0.5, 0.6) is 5.75 Å². The van der Waals surface area contributed by atoms with Crippen molar-refractivity contribution >= 4 is 16.6 Å². The van der Waals surface area contributed by atoms with Crippen LogP contribution in [0.15, 0.2) is 66.9 Å². The molecule has 1 aromatic heterocycles. The molecule has 2 aromatic carbocycles. The van der Waals surface area contributed by atoms with Crippen LogP contribution in [0.2, 0.25) is 0 Å². The lowest BCUT2D eigenvalue weighted by molar-refractivity contribution is 0.0663. The van der Waals surface area contributed by atoms with Crippen molar-refractivity contribution in [2.24, 2.45) is 0 Å². The maximum absolute atomic E-state index is 10.4. The van der Waals surface area contributed by atoms with E-state index in [-0.39, 0.29) is 0 Å². The Morgan fingerprint density at radius 2 is 1.70 bits per heavy atom. The summed E-state index contributed by atoms with van der Waals surface area (Å²) < 4.78 is 5.81. The quantitative estimate of drug-likeness (QED) is 0.730. The second kappa shape index (κ2) is 8.37. The summed E-state index contributed by atoms with van der Waals surface area (Å²) in [6.07, 6.45) is 1.33. The molecule has 0 amide bonds. The van der Waals surface area contributed by atoms with Crippen molar-refractivity contribution in [3.8, 4) is 5.75 Å². The summed E-state index contributed by atoms with van der Waals surface area (Å²) in [4.78, 5) is 8.98. The van der Waals surface area contributed by atoms with Gasteiger partial charge in [0.1, 0.15) is 24.3 Å². The molecule has 2 heterocycles. The smallest absolute Gasteiger partial charge is 0.128 e. The van der Waals surface area contributed by atoms with Gasteiger partial charge in [-0.2, -0.15) is 0 Å². The predicted octanol–water partition coefficient (Wildman–Crippen LogP) is 2.80.